The number of carbonyl (C=O) groups excluding carboxylic acids is 1. The first-order valence-electron chi connectivity index (χ1n) is 10.4. The lowest BCUT2D eigenvalue weighted by atomic mass is 10.0. The Morgan fingerprint density at radius 2 is 1.52 bits per heavy atom. The average molecular weight is 412 g/mol. The van der Waals surface area contributed by atoms with Crippen LogP contribution in [0.3, 0.4) is 0 Å². The lowest BCUT2D eigenvalue weighted by Gasteiger charge is -2.37. The van der Waals surface area contributed by atoms with Crippen LogP contribution in [0.4, 0.5) is 5.69 Å². The predicted octanol–water partition coefficient (Wildman–Crippen LogP) is 4.93. The quantitative estimate of drug-likeness (QED) is 0.467. The van der Waals surface area contributed by atoms with E-state index in [1.54, 1.807) is 14.2 Å². The van der Waals surface area contributed by atoms with E-state index in [1.165, 1.54) is 0 Å². The number of carbonyl (C=O) groups is 1. The number of amides is 1. The standard InChI is InChI=1S/C26H24N2O3/c1-30-22-11-7-18(8-12-22)15-21-17-27-24-6-4-3-5-19(24)16-25(27)26(29)28(21)20-9-13-23(31-2)14-10-20/h3-14,16,21H,15,17H2,1-2H3. The van der Waals surface area contributed by atoms with E-state index in [4.69, 9.17) is 9.47 Å². The highest BCUT2D eigenvalue weighted by Crippen LogP contribution is 2.32. The number of para-hydroxylation sites is 1. The molecule has 0 radical (unpaired) electrons. The Morgan fingerprint density at radius 3 is 2.19 bits per heavy atom. The van der Waals surface area contributed by atoms with E-state index in [-0.39, 0.29) is 11.9 Å². The molecule has 156 valence electrons. The Bertz CT molecular complexity index is 1230. The maximum Gasteiger partial charge on any atom is 0.275 e. The van der Waals surface area contributed by atoms with Crippen LogP contribution in [-0.2, 0) is 13.0 Å². The third kappa shape index (κ3) is 3.42. The van der Waals surface area contributed by atoms with Gasteiger partial charge in [0.15, 0.2) is 0 Å². The van der Waals surface area contributed by atoms with Crippen molar-refractivity contribution in [3.05, 3.63) is 90.1 Å². The molecule has 1 aromatic heterocycles. The smallest absolute Gasteiger partial charge is 0.275 e. The molecular formula is C26H24N2O3. The summed E-state index contributed by atoms with van der Waals surface area (Å²) in [6.45, 7) is 0.729. The van der Waals surface area contributed by atoms with Gasteiger partial charge in [0.05, 0.1) is 20.3 Å². The van der Waals surface area contributed by atoms with Gasteiger partial charge in [-0.1, -0.05) is 30.3 Å². The lowest BCUT2D eigenvalue weighted by molar-refractivity contribution is 0.0948. The van der Waals surface area contributed by atoms with Crippen molar-refractivity contribution in [1.29, 1.82) is 0 Å². The van der Waals surface area contributed by atoms with Crippen molar-refractivity contribution in [2.24, 2.45) is 0 Å². The first-order valence-corrected chi connectivity index (χ1v) is 10.4. The highest BCUT2D eigenvalue weighted by Gasteiger charge is 2.34. The molecule has 1 atom stereocenters. The number of anilines is 1. The number of rotatable bonds is 5. The number of hydrogen-bond acceptors (Lipinski definition) is 3. The van der Waals surface area contributed by atoms with Crippen molar-refractivity contribution in [2.75, 3.05) is 19.1 Å². The molecule has 5 nitrogen and oxygen atoms in total. The molecule has 31 heavy (non-hydrogen) atoms. The highest BCUT2D eigenvalue weighted by atomic mass is 16.5. The first-order chi connectivity index (χ1) is 15.2. The van der Waals surface area contributed by atoms with E-state index in [0.29, 0.717) is 0 Å². The molecule has 0 fully saturated rings. The van der Waals surface area contributed by atoms with Crippen LogP contribution < -0.4 is 14.4 Å². The highest BCUT2D eigenvalue weighted by molar-refractivity contribution is 6.09. The third-order valence-electron chi connectivity index (χ3n) is 5.99. The van der Waals surface area contributed by atoms with Crippen LogP contribution in [0.15, 0.2) is 78.9 Å². The van der Waals surface area contributed by atoms with Crippen molar-refractivity contribution in [2.45, 2.75) is 19.0 Å². The van der Waals surface area contributed by atoms with Crippen LogP contribution in [0.5, 0.6) is 11.5 Å². The summed E-state index contributed by atoms with van der Waals surface area (Å²) < 4.78 is 12.8. The van der Waals surface area contributed by atoms with E-state index in [0.717, 1.165) is 52.3 Å². The van der Waals surface area contributed by atoms with Crippen LogP contribution in [0, 0.1) is 0 Å². The minimum atomic E-state index is -0.0161. The Morgan fingerprint density at radius 1 is 0.871 bits per heavy atom. The van der Waals surface area contributed by atoms with Crippen molar-refractivity contribution < 1.29 is 14.3 Å². The van der Waals surface area contributed by atoms with Gasteiger partial charge in [-0.15, -0.1) is 0 Å². The average Bonchev–Trinajstić information content (AvgIpc) is 3.19. The second-order valence-electron chi connectivity index (χ2n) is 7.78. The van der Waals surface area contributed by atoms with E-state index in [2.05, 4.69) is 28.8 Å². The van der Waals surface area contributed by atoms with Crippen LogP contribution in [-0.4, -0.2) is 30.7 Å². The minimum absolute atomic E-state index is 0.0161. The van der Waals surface area contributed by atoms with E-state index < -0.39 is 0 Å². The summed E-state index contributed by atoms with van der Waals surface area (Å²) in [6, 6.07) is 25.9. The fourth-order valence-electron chi connectivity index (χ4n) is 4.43. The summed E-state index contributed by atoms with van der Waals surface area (Å²) >= 11 is 0. The predicted molar refractivity (Wildman–Crippen MR) is 122 cm³/mol. The van der Waals surface area contributed by atoms with Gasteiger partial charge in [-0.05, 0) is 60.5 Å². The fourth-order valence-corrected chi connectivity index (χ4v) is 4.43. The van der Waals surface area contributed by atoms with Gasteiger partial charge in [0, 0.05) is 23.1 Å². The lowest BCUT2D eigenvalue weighted by Crippen LogP contribution is -2.49. The number of aromatic nitrogens is 1. The molecule has 0 saturated carbocycles. The molecule has 4 aromatic rings. The second kappa shape index (κ2) is 7.84. The zero-order chi connectivity index (χ0) is 21.4. The topological polar surface area (TPSA) is 43.7 Å². The Labute approximate surface area is 181 Å². The molecule has 3 aromatic carbocycles. The molecule has 1 unspecified atom stereocenters. The normalized spacial score (nSPS) is 15.7. The number of methoxy groups -OCH3 is 2. The molecule has 1 aliphatic rings. The molecular weight excluding hydrogens is 388 g/mol. The van der Waals surface area contributed by atoms with Crippen molar-refractivity contribution in [1.82, 2.24) is 4.57 Å². The van der Waals surface area contributed by atoms with Crippen molar-refractivity contribution in [3.8, 4) is 11.5 Å². The molecule has 5 rings (SSSR count). The first kappa shape index (κ1) is 19.2. The molecule has 0 aliphatic carbocycles. The summed E-state index contributed by atoms with van der Waals surface area (Å²) in [5, 5.41) is 1.09. The maximum absolute atomic E-state index is 13.7. The third-order valence-corrected chi connectivity index (χ3v) is 5.99. The Balaban J connectivity index is 1.58. The molecule has 1 aliphatic heterocycles. The fraction of sp³-hybridized carbons (Fsp3) is 0.192. The Kier molecular flexibility index (Phi) is 4.86. The van der Waals surface area contributed by atoms with E-state index in [1.807, 2.05) is 59.5 Å². The van der Waals surface area contributed by atoms with Crippen LogP contribution >= 0.6 is 0 Å². The zero-order valence-electron chi connectivity index (χ0n) is 17.6. The van der Waals surface area contributed by atoms with Gasteiger partial charge in [0.1, 0.15) is 17.2 Å². The molecule has 0 spiro atoms. The number of fused-ring (bicyclic) bond motifs is 3. The molecule has 0 saturated heterocycles. The molecule has 5 heteroatoms. The van der Waals surface area contributed by atoms with Crippen LogP contribution in [0.2, 0.25) is 0 Å². The maximum atomic E-state index is 13.7. The number of benzene rings is 3. The second-order valence-corrected chi connectivity index (χ2v) is 7.78. The minimum Gasteiger partial charge on any atom is -0.497 e. The number of hydrogen-bond donors (Lipinski definition) is 0. The summed E-state index contributed by atoms with van der Waals surface area (Å²) in [7, 11) is 3.31. The monoisotopic (exact) mass is 412 g/mol. The van der Waals surface area contributed by atoms with Crippen LogP contribution in [0.25, 0.3) is 10.9 Å². The van der Waals surface area contributed by atoms with Gasteiger partial charge in [-0.3, -0.25) is 4.79 Å². The number of ether oxygens (including phenoxy) is 2. The van der Waals surface area contributed by atoms with Gasteiger partial charge < -0.3 is 18.9 Å². The summed E-state index contributed by atoms with van der Waals surface area (Å²) in [5.74, 6) is 1.62. The van der Waals surface area contributed by atoms with E-state index >= 15 is 0 Å². The molecule has 0 bridgehead atoms. The molecule has 1 amide bonds. The van der Waals surface area contributed by atoms with Crippen molar-refractivity contribution >= 4 is 22.5 Å². The largest absolute Gasteiger partial charge is 0.497 e. The van der Waals surface area contributed by atoms with Crippen molar-refractivity contribution in [3.63, 3.8) is 0 Å². The van der Waals surface area contributed by atoms with E-state index in [9.17, 15) is 4.79 Å². The van der Waals surface area contributed by atoms with Gasteiger partial charge in [0.25, 0.3) is 5.91 Å². The summed E-state index contributed by atoms with van der Waals surface area (Å²) in [6.07, 6.45) is 0.744. The summed E-state index contributed by atoms with van der Waals surface area (Å²) in [5.41, 5.74) is 3.86. The van der Waals surface area contributed by atoms with Crippen LogP contribution in [0.1, 0.15) is 16.1 Å². The van der Waals surface area contributed by atoms with Gasteiger partial charge in [0.2, 0.25) is 0 Å². The zero-order valence-corrected chi connectivity index (χ0v) is 17.6. The van der Waals surface area contributed by atoms with Gasteiger partial charge >= 0.3 is 0 Å². The summed E-state index contributed by atoms with van der Waals surface area (Å²) in [4.78, 5) is 15.6. The van der Waals surface area contributed by atoms with Gasteiger partial charge in [-0.2, -0.15) is 0 Å². The number of nitrogens with zero attached hydrogens (tertiary/aromatic N) is 2. The van der Waals surface area contributed by atoms with Gasteiger partial charge in [-0.25, -0.2) is 0 Å². The Hall–Kier alpha value is -3.73. The molecule has 2 heterocycles. The SMILES string of the molecule is COc1ccc(CC2Cn3c(cc4ccccc43)C(=O)N2c2ccc(OC)cc2)cc1. The molecule has 0 N–H and O–H groups in total.